The van der Waals surface area contributed by atoms with Gasteiger partial charge in [-0.2, -0.15) is 5.26 Å². The summed E-state index contributed by atoms with van der Waals surface area (Å²) < 4.78 is 5.68. The van der Waals surface area contributed by atoms with Crippen LogP contribution in [0.2, 0.25) is 0 Å². The van der Waals surface area contributed by atoms with Gasteiger partial charge >= 0.3 is 0 Å². The molecule has 0 saturated heterocycles. The topological polar surface area (TPSA) is 87.0 Å². The second-order valence-electron chi connectivity index (χ2n) is 6.42. The van der Waals surface area contributed by atoms with Crippen LogP contribution in [0.25, 0.3) is 10.9 Å². The molecule has 1 amide bonds. The molecule has 0 radical (unpaired) electrons. The number of carbonyl (C=O) groups is 1. The Bertz CT molecular complexity index is 1190. The largest absolute Gasteiger partial charge is 0.494 e. The molecule has 3 rings (SSSR count). The summed E-state index contributed by atoms with van der Waals surface area (Å²) in [5.74, 6) is 3.17. The van der Waals surface area contributed by atoms with Crippen LogP contribution < -0.4 is 15.4 Å². The molecule has 3 aromatic rings. The lowest BCUT2D eigenvalue weighted by molar-refractivity contribution is -0.114. The summed E-state index contributed by atoms with van der Waals surface area (Å²) >= 11 is 0. The van der Waals surface area contributed by atoms with Crippen molar-refractivity contribution in [3.63, 3.8) is 0 Å². The van der Waals surface area contributed by atoms with Gasteiger partial charge in [-0.25, -0.2) is 4.98 Å². The fourth-order valence-corrected chi connectivity index (χ4v) is 3.04. The molecule has 2 aromatic carbocycles. The average molecular weight is 384 g/mol. The maximum Gasteiger partial charge on any atom is 0.222 e. The number of anilines is 3. The first-order valence-electron chi connectivity index (χ1n) is 9.09. The second kappa shape index (κ2) is 8.33. The SMILES string of the molecule is C#Cc1cccc(Nc2c(C#N)c(NC(C)=O)nc3cc(OCC)c(C)cc23)c1. The van der Waals surface area contributed by atoms with Gasteiger partial charge in [-0.1, -0.05) is 12.0 Å². The standard InChI is InChI=1S/C23H20N4O2/c1-5-16-8-7-9-17(11-16)26-22-18-10-14(3)21(29-6-2)12-20(18)27-23(19(22)13-24)25-15(4)28/h1,7-12H,6H2,2-4H3,(H2,25,26,27,28). The predicted octanol–water partition coefficient (Wildman–Crippen LogP) is 4.50. The Kier molecular flexibility index (Phi) is 5.66. The minimum atomic E-state index is -0.314. The highest BCUT2D eigenvalue weighted by atomic mass is 16.5. The van der Waals surface area contributed by atoms with Gasteiger partial charge in [0, 0.05) is 29.6 Å². The van der Waals surface area contributed by atoms with Crippen molar-refractivity contribution in [3.8, 4) is 24.2 Å². The van der Waals surface area contributed by atoms with Crippen LogP contribution in [0.4, 0.5) is 17.2 Å². The van der Waals surface area contributed by atoms with E-state index in [9.17, 15) is 10.1 Å². The fraction of sp³-hybridized carbons (Fsp3) is 0.174. The van der Waals surface area contributed by atoms with Crippen molar-refractivity contribution in [1.82, 2.24) is 4.98 Å². The minimum Gasteiger partial charge on any atom is -0.494 e. The minimum absolute atomic E-state index is 0.189. The third-order valence-corrected chi connectivity index (χ3v) is 4.29. The molecular formula is C23H20N4O2. The van der Waals surface area contributed by atoms with E-state index in [1.807, 2.05) is 50.2 Å². The van der Waals surface area contributed by atoms with E-state index < -0.39 is 0 Å². The molecule has 0 saturated carbocycles. The molecule has 0 aliphatic heterocycles. The van der Waals surface area contributed by atoms with Crippen LogP contribution >= 0.6 is 0 Å². The molecule has 0 aliphatic carbocycles. The normalized spacial score (nSPS) is 10.1. The zero-order valence-corrected chi connectivity index (χ0v) is 16.5. The van der Waals surface area contributed by atoms with Gasteiger partial charge in [-0.3, -0.25) is 4.79 Å². The van der Waals surface area contributed by atoms with Crippen molar-refractivity contribution in [3.05, 3.63) is 53.1 Å². The van der Waals surface area contributed by atoms with Gasteiger partial charge in [0.25, 0.3) is 0 Å². The third-order valence-electron chi connectivity index (χ3n) is 4.29. The summed E-state index contributed by atoms with van der Waals surface area (Å²) in [6, 6.07) is 13.2. The Labute approximate surface area is 169 Å². The van der Waals surface area contributed by atoms with E-state index in [-0.39, 0.29) is 17.3 Å². The van der Waals surface area contributed by atoms with Gasteiger partial charge in [-0.15, -0.1) is 6.42 Å². The van der Waals surface area contributed by atoms with Gasteiger partial charge in [-0.05, 0) is 43.7 Å². The molecule has 0 spiro atoms. The van der Waals surface area contributed by atoms with Gasteiger partial charge in [0.05, 0.1) is 17.8 Å². The van der Waals surface area contributed by atoms with Crippen molar-refractivity contribution in [2.24, 2.45) is 0 Å². The maximum atomic E-state index is 11.7. The number of aryl methyl sites for hydroxylation is 1. The number of pyridine rings is 1. The quantitative estimate of drug-likeness (QED) is 0.633. The Morgan fingerprint density at radius 3 is 2.76 bits per heavy atom. The molecule has 0 unspecified atom stereocenters. The van der Waals surface area contributed by atoms with E-state index in [1.165, 1.54) is 6.92 Å². The number of benzene rings is 2. The van der Waals surface area contributed by atoms with Crippen LogP contribution in [0.3, 0.4) is 0 Å². The number of amides is 1. The van der Waals surface area contributed by atoms with E-state index in [2.05, 4.69) is 27.6 Å². The predicted molar refractivity (Wildman–Crippen MR) is 114 cm³/mol. The first-order valence-corrected chi connectivity index (χ1v) is 9.09. The molecule has 1 aromatic heterocycles. The Morgan fingerprint density at radius 1 is 1.31 bits per heavy atom. The van der Waals surface area contributed by atoms with E-state index in [0.717, 1.165) is 16.6 Å². The Balaban J connectivity index is 2.28. The number of aromatic nitrogens is 1. The van der Waals surface area contributed by atoms with Crippen molar-refractivity contribution < 1.29 is 9.53 Å². The highest BCUT2D eigenvalue weighted by Crippen LogP contribution is 2.36. The summed E-state index contributed by atoms with van der Waals surface area (Å²) in [5, 5.41) is 16.5. The Morgan fingerprint density at radius 2 is 2.10 bits per heavy atom. The summed E-state index contributed by atoms with van der Waals surface area (Å²) in [4.78, 5) is 16.2. The van der Waals surface area contributed by atoms with Crippen molar-refractivity contribution in [2.75, 3.05) is 17.2 Å². The molecule has 29 heavy (non-hydrogen) atoms. The third kappa shape index (κ3) is 4.12. The summed E-state index contributed by atoms with van der Waals surface area (Å²) in [7, 11) is 0. The number of nitrogens with zero attached hydrogens (tertiary/aromatic N) is 2. The first kappa shape index (κ1) is 19.7. The number of nitriles is 1. The molecule has 0 bridgehead atoms. The molecule has 6 nitrogen and oxygen atoms in total. The molecule has 0 fully saturated rings. The van der Waals surface area contributed by atoms with Crippen molar-refractivity contribution in [2.45, 2.75) is 20.8 Å². The summed E-state index contributed by atoms with van der Waals surface area (Å²) in [6.45, 7) is 5.73. The van der Waals surface area contributed by atoms with Crippen LogP contribution in [0, 0.1) is 30.6 Å². The van der Waals surface area contributed by atoms with Crippen molar-refractivity contribution in [1.29, 1.82) is 5.26 Å². The number of hydrogen-bond acceptors (Lipinski definition) is 5. The lowest BCUT2D eigenvalue weighted by atomic mass is 10.0. The maximum absolute atomic E-state index is 11.7. The van der Waals surface area contributed by atoms with Crippen LogP contribution in [0.15, 0.2) is 36.4 Å². The van der Waals surface area contributed by atoms with Gasteiger partial charge in [0.15, 0.2) is 5.82 Å². The number of carbonyl (C=O) groups excluding carboxylic acids is 1. The van der Waals surface area contributed by atoms with E-state index in [4.69, 9.17) is 11.2 Å². The number of nitrogens with one attached hydrogen (secondary N) is 2. The molecule has 1 heterocycles. The first-order chi connectivity index (χ1) is 14.0. The monoisotopic (exact) mass is 384 g/mol. The molecule has 2 N–H and O–H groups in total. The lowest BCUT2D eigenvalue weighted by Gasteiger charge is -2.17. The average Bonchev–Trinajstić information content (AvgIpc) is 2.69. The van der Waals surface area contributed by atoms with Crippen LogP contribution in [0.5, 0.6) is 5.75 Å². The molecule has 144 valence electrons. The number of rotatable bonds is 5. The lowest BCUT2D eigenvalue weighted by Crippen LogP contribution is -2.11. The van der Waals surface area contributed by atoms with E-state index in [1.54, 1.807) is 0 Å². The Hall–Kier alpha value is -4.03. The van der Waals surface area contributed by atoms with Crippen LogP contribution in [0.1, 0.15) is 30.5 Å². The van der Waals surface area contributed by atoms with Gasteiger partial charge in [0.1, 0.15) is 17.4 Å². The zero-order valence-electron chi connectivity index (χ0n) is 16.5. The van der Waals surface area contributed by atoms with Crippen LogP contribution in [-0.4, -0.2) is 17.5 Å². The van der Waals surface area contributed by atoms with Crippen LogP contribution in [-0.2, 0) is 4.79 Å². The van der Waals surface area contributed by atoms with Gasteiger partial charge < -0.3 is 15.4 Å². The number of hydrogen-bond donors (Lipinski definition) is 2. The highest BCUT2D eigenvalue weighted by molar-refractivity contribution is 6.02. The smallest absolute Gasteiger partial charge is 0.222 e. The van der Waals surface area contributed by atoms with Gasteiger partial charge in [0.2, 0.25) is 5.91 Å². The second-order valence-corrected chi connectivity index (χ2v) is 6.42. The number of terminal acetylenes is 1. The summed E-state index contributed by atoms with van der Waals surface area (Å²) in [5.41, 5.74) is 3.73. The molecule has 0 atom stereocenters. The van der Waals surface area contributed by atoms with E-state index in [0.29, 0.717) is 29.1 Å². The number of ether oxygens (including phenoxy) is 1. The molecular weight excluding hydrogens is 364 g/mol. The fourth-order valence-electron chi connectivity index (χ4n) is 3.04. The zero-order chi connectivity index (χ0) is 21.0. The molecule has 6 heteroatoms. The number of fused-ring (bicyclic) bond motifs is 1. The highest BCUT2D eigenvalue weighted by Gasteiger charge is 2.18. The van der Waals surface area contributed by atoms with E-state index >= 15 is 0 Å². The summed E-state index contributed by atoms with van der Waals surface area (Å²) in [6.07, 6.45) is 5.50. The molecule has 0 aliphatic rings. The van der Waals surface area contributed by atoms with Crippen molar-refractivity contribution >= 4 is 34.0 Å².